The maximum Gasteiger partial charge on any atom is 0.265 e. The summed E-state index contributed by atoms with van der Waals surface area (Å²) in [6, 6.07) is 10.0. The van der Waals surface area contributed by atoms with E-state index < -0.39 is 6.10 Å². The number of para-hydroxylation sites is 1. The molecule has 0 aliphatic carbocycles. The molecule has 2 rings (SSSR count). The molecule has 1 atom stereocenters. The monoisotopic (exact) mass is 379 g/mol. The van der Waals surface area contributed by atoms with Gasteiger partial charge in [0, 0.05) is 5.69 Å². The van der Waals surface area contributed by atoms with Gasteiger partial charge < -0.3 is 10.1 Å². The third-order valence-electron chi connectivity index (χ3n) is 3.56. The quantitative estimate of drug-likeness (QED) is 0.804. The van der Waals surface area contributed by atoms with Crippen LogP contribution in [0.25, 0.3) is 0 Å². The Hall–Kier alpha value is -1.88. The first-order valence-corrected chi connectivity index (χ1v) is 8.22. The van der Waals surface area contributed by atoms with Crippen molar-refractivity contribution in [3.05, 3.63) is 57.8 Å². The SMILES string of the molecule is CCc1cccc(C)c1NC(=O)C(C)Oc1ccc(F)cc1Br. The van der Waals surface area contributed by atoms with Crippen LogP contribution >= 0.6 is 15.9 Å². The zero-order valence-electron chi connectivity index (χ0n) is 13.3. The number of carbonyl (C=O) groups excluding carboxylic acids is 1. The average Bonchev–Trinajstić information content (AvgIpc) is 2.51. The molecule has 0 fully saturated rings. The number of nitrogens with one attached hydrogen (secondary N) is 1. The number of amides is 1. The summed E-state index contributed by atoms with van der Waals surface area (Å²) in [5.41, 5.74) is 2.91. The lowest BCUT2D eigenvalue weighted by atomic mass is 10.1. The fourth-order valence-electron chi connectivity index (χ4n) is 2.24. The first kappa shape index (κ1) is 17.5. The van der Waals surface area contributed by atoms with Crippen molar-refractivity contribution in [1.82, 2.24) is 0 Å². The molecule has 0 aliphatic heterocycles. The molecule has 23 heavy (non-hydrogen) atoms. The Morgan fingerprint density at radius 3 is 2.74 bits per heavy atom. The van der Waals surface area contributed by atoms with E-state index in [0.29, 0.717) is 10.2 Å². The van der Waals surface area contributed by atoms with Gasteiger partial charge in [0.2, 0.25) is 0 Å². The van der Waals surface area contributed by atoms with Gasteiger partial charge in [-0.1, -0.05) is 25.1 Å². The average molecular weight is 380 g/mol. The fraction of sp³-hybridized carbons (Fsp3) is 0.278. The molecule has 1 amide bonds. The predicted octanol–water partition coefficient (Wildman–Crippen LogP) is 4.87. The summed E-state index contributed by atoms with van der Waals surface area (Å²) >= 11 is 3.23. The molecule has 3 nitrogen and oxygen atoms in total. The number of hydrogen-bond acceptors (Lipinski definition) is 2. The van der Waals surface area contributed by atoms with Crippen molar-refractivity contribution >= 4 is 27.5 Å². The Balaban J connectivity index is 2.12. The summed E-state index contributed by atoms with van der Waals surface area (Å²) in [5, 5.41) is 2.93. The summed E-state index contributed by atoms with van der Waals surface area (Å²) in [4.78, 5) is 12.4. The summed E-state index contributed by atoms with van der Waals surface area (Å²) in [7, 11) is 0. The topological polar surface area (TPSA) is 38.3 Å². The number of hydrogen-bond donors (Lipinski definition) is 1. The molecule has 5 heteroatoms. The molecule has 0 radical (unpaired) electrons. The zero-order chi connectivity index (χ0) is 17.0. The van der Waals surface area contributed by atoms with Crippen molar-refractivity contribution in [2.24, 2.45) is 0 Å². The van der Waals surface area contributed by atoms with Gasteiger partial charge in [-0.25, -0.2) is 4.39 Å². The molecule has 0 spiro atoms. The van der Waals surface area contributed by atoms with Crippen molar-refractivity contribution in [3.63, 3.8) is 0 Å². The Morgan fingerprint density at radius 2 is 2.09 bits per heavy atom. The molecular formula is C18H19BrFNO2. The molecule has 0 aromatic heterocycles. The third-order valence-corrected chi connectivity index (χ3v) is 4.17. The molecule has 1 N–H and O–H groups in total. The number of benzene rings is 2. The molecule has 0 saturated heterocycles. The first-order valence-electron chi connectivity index (χ1n) is 7.43. The Kier molecular flexibility index (Phi) is 5.77. The standard InChI is InChI=1S/C18H19BrFNO2/c1-4-13-7-5-6-11(2)17(13)21-18(22)12(3)23-16-9-8-14(20)10-15(16)19/h5-10,12H,4H2,1-3H3,(H,21,22). The van der Waals surface area contributed by atoms with Gasteiger partial charge in [-0.2, -0.15) is 0 Å². The number of carbonyl (C=O) groups is 1. The van der Waals surface area contributed by atoms with Gasteiger partial charge in [-0.3, -0.25) is 4.79 Å². The van der Waals surface area contributed by atoms with Crippen LogP contribution in [0.2, 0.25) is 0 Å². The molecule has 0 aliphatic rings. The second-order valence-corrected chi connectivity index (χ2v) is 6.14. The van der Waals surface area contributed by atoms with Crippen LogP contribution in [0.3, 0.4) is 0 Å². The molecule has 122 valence electrons. The Morgan fingerprint density at radius 1 is 1.35 bits per heavy atom. The van der Waals surface area contributed by atoms with Crippen molar-refractivity contribution in [2.45, 2.75) is 33.3 Å². The lowest BCUT2D eigenvalue weighted by molar-refractivity contribution is -0.122. The maximum atomic E-state index is 13.1. The van der Waals surface area contributed by atoms with Gasteiger partial charge in [0.25, 0.3) is 5.91 Å². The highest BCUT2D eigenvalue weighted by Gasteiger charge is 2.18. The number of ether oxygens (including phenoxy) is 1. The molecular weight excluding hydrogens is 361 g/mol. The summed E-state index contributed by atoms with van der Waals surface area (Å²) in [5.74, 6) is -0.186. The van der Waals surface area contributed by atoms with Crippen molar-refractivity contribution < 1.29 is 13.9 Å². The molecule has 0 heterocycles. The lowest BCUT2D eigenvalue weighted by Gasteiger charge is -2.18. The summed E-state index contributed by atoms with van der Waals surface area (Å²) in [6.07, 6.45) is 0.122. The highest BCUT2D eigenvalue weighted by molar-refractivity contribution is 9.10. The van der Waals surface area contributed by atoms with E-state index in [0.717, 1.165) is 23.2 Å². The summed E-state index contributed by atoms with van der Waals surface area (Å²) in [6.45, 7) is 5.66. The van der Waals surface area contributed by atoms with Gasteiger partial charge in [-0.15, -0.1) is 0 Å². The van der Waals surface area contributed by atoms with Crippen molar-refractivity contribution in [2.75, 3.05) is 5.32 Å². The van der Waals surface area contributed by atoms with Gasteiger partial charge in [-0.05, 0) is 65.5 Å². The highest BCUT2D eigenvalue weighted by atomic mass is 79.9. The van der Waals surface area contributed by atoms with E-state index in [1.54, 1.807) is 6.92 Å². The number of aryl methyl sites for hydroxylation is 2. The van der Waals surface area contributed by atoms with Gasteiger partial charge in [0.1, 0.15) is 11.6 Å². The Bertz CT molecular complexity index is 718. The predicted molar refractivity (Wildman–Crippen MR) is 93.4 cm³/mol. The lowest BCUT2D eigenvalue weighted by Crippen LogP contribution is -2.30. The van der Waals surface area contributed by atoms with Crippen LogP contribution in [0.5, 0.6) is 5.75 Å². The van der Waals surface area contributed by atoms with E-state index in [-0.39, 0.29) is 11.7 Å². The maximum absolute atomic E-state index is 13.1. The second kappa shape index (κ2) is 7.59. The minimum absolute atomic E-state index is 0.245. The van der Waals surface area contributed by atoms with Crippen LogP contribution in [0, 0.1) is 12.7 Å². The van der Waals surface area contributed by atoms with Crippen molar-refractivity contribution in [3.8, 4) is 5.75 Å². The first-order chi connectivity index (χ1) is 10.9. The van der Waals surface area contributed by atoms with Crippen LogP contribution in [0.4, 0.5) is 10.1 Å². The van der Waals surface area contributed by atoms with Crippen LogP contribution < -0.4 is 10.1 Å². The highest BCUT2D eigenvalue weighted by Crippen LogP contribution is 2.27. The van der Waals surface area contributed by atoms with E-state index in [4.69, 9.17) is 4.74 Å². The van der Waals surface area contributed by atoms with Crippen LogP contribution in [0.1, 0.15) is 25.0 Å². The largest absolute Gasteiger partial charge is 0.480 e. The minimum atomic E-state index is -0.707. The van der Waals surface area contributed by atoms with Crippen LogP contribution in [0.15, 0.2) is 40.9 Å². The molecule has 1 unspecified atom stereocenters. The van der Waals surface area contributed by atoms with E-state index in [2.05, 4.69) is 21.2 Å². The Labute approximate surface area is 144 Å². The summed E-state index contributed by atoms with van der Waals surface area (Å²) < 4.78 is 19.2. The van der Waals surface area contributed by atoms with Crippen molar-refractivity contribution in [1.29, 1.82) is 0 Å². The molecule has 0 bridgehead atoms. The molecule has 0 saturated carbocycles. The molecule has 2 aromatic rings. The second-order valence-electron chi connectivity index (χ2n) is 5.29. The third kappa shape index (κ3) is 4.32. The fourth-order valence-corrected chi connectivity index (χ4v) is 2.69. The van der Waals surface area contributed by atoms with Gasteiger partial charge in [0.05, 0.1) is 4.47 Å². The van der Waals surface area contributed by atoms with E-state index in [9.17, 15) is 9.18 Å². The number of rotatable bonds is 5. The van der Waals surface area contributed by atoms with Gasteiger partial charge >= 0.3 is 0 Å². The number of anilines is 1. The van der Waals surface area contributed by atoms with Crippen LogP contribution in [-0.4, -0.2) is 12.0 Å². The normalized spacial score (nSPS) is 11.9. The van der Waals surface area contributed by atoms with Crippen LogP contribution in [-0.2, 0) is 11.2 Å². The zero-order valence-corrected chi connectivity index (χ0v) is 14.9. The van der Waals surface area contributed by atoms with E-state index in [1.165, 1.54) is 18.2 Å². The van der Waals surface area contributed by atoms with E-state index >= 15 is 0 Å². The number of halogens is 2. The smallest absolute Gasteiger partial charge is 0.265 e. The minimum Gasteiger partial charge on any atom is -0.480 e. The van der Waals surface area contributed by atoms with Gasteiger partial charge in [0.15, 0.2) is 6.10 Å². The molecule has 2 aromatic carbocycles. The van der Waals surface area contributed by atoms with E-state index in [1.807, 2.05) is 32.0 Å².